The highest BCUT2D eigenvalue weighted by molar-refractivity contribution is 5.81. The van der Waals surface area contributed by atoms with E-state index < -0.39 is 23.5 Å². The number of nitrogens with zero attached hydrogens (tertiary/aromatic N) is 1. The van der Waals surface area contributed by atoms with Gasteiger partial charge in [-0.2, -0.15) is 0 Å². The summed E-state index contributed by atoms with van der Waals surface area (Å²) in [4.78, 5) is 22.1. The highest BCUT2D eigenvalue weighted by Gasteiger charge is 2.45. The van der Waals surface area contributed by atoms with E-state index in [0.29, 0.717) is 0 Å². The van der Waals surface area contributed by atoms with Gasteiger partial charge in [-0.05, 0) is 13.8 Å². The van der Waals surface area contributed by atoms with Gasteiger partial charge >= 0.3 is 0 Å². The van der Waals surface area contributed by atoms with Crippen LogP contribution in [0.15, 0.2) is 0 Å². The summed E-state index contributed by atoms with van der Waals surface area (Å²) >= 11 is 0. The fraction of sp³-hybridized carbons (Fsp3) is 0.714. The number of carboxylic acids is 2. The van der Waals surface area contributed by atoms with Gasteiger partial charge in [-0.3, -0.25) is 4.90 Å². The summed E-state index contributed by atoms with van der Waals surface area (Å²) in [6, 6.07) is -0.766. The summed E-state index contributed by atoms with van der Waals surface area (Å²) in [6.07, 6.45) is 0. The molecule has 0 radical (unpaired) electrons. The third-order valence-electron chi connectivity index (χ3n) is 2.10. The van der Waals surface area contributed by atoms with Crippen LogP contribution >= 0.6 is 0 Å². The van der Waals surface area contributed by atoms with Crippen molar-refractivity contribution in [2.75, 3.05) is 6.54 Å². The first kappa shape index (κ1) is 8.99. The van der Waals surface area contributed by atoms with Crippen molar-refractivity contribution in [1.82, 2.24) is 4.90 Å². The molecule has 1 fully saturated rings. The van der Waals surface area contributed by atoms with E-state index in [-0.39, 0.29) is 6.54 Å². The Labute approximate surface area is 69.6 Å². The largest absolute Gasteiger partial charge is 0.548 e. The molecule has 0 saturated carbocycles. The van der Waals surface area contributed by atoms with Crippen LogP contribution in [-0.4, -0.2) is 35.0 Å². The van der Waals surface area contributed by atoms with Gasteiger partial charge in [-0.15, -0.1) is 0 Å². The Hall–Kier alpha value is -1.10. The third-order valence-corrected chi connectivity index (χ3v) is 2.10. The van der Waals surface area contributed by atoms with E-state index in [2.05, 4.69) is 0 Å². The van der Waals surface area contributed by atoms with Crippen molar-refractivity contribution in [2.24, 2.45) is 0 Å². The molecule has 0 aromatic carbocycles. The Morgan fingerprint density at radius 2 is 1.92 bits per heavy atom. The first-order chi connectivity index (χ1) is 5.37. The predicted molar refractivity (Wildman–Crippen MR) is 34.6 cm³/mol. The molecule has 12 heavy (non-hydrogen) atoms. The summed E-state index contributed by atoms with van der Waals surface area (Å²) in [7, 11) is 0. The minimum absolute atomic E-state index is 0.226. The zero-order chi connectivity index (χ0) is 9.52. The lowest BCUT2D eigenvalue weighted by atomic mass is 10.1. The van der Waals surface area contributed by atoms with Crippen LogP contribution in [0.2, 0.25) is 0 Å². The fourth-order valence-electron chi connectivity index (χ4n) is 1.08. The van der Waals surface area contributed by atoms with Crippen LogP contribution in [0.25, 0.3) is 0 Å². The number of hydrogen-bond acceptors (Lipinski definition) is 5. The number of aliphatic carboxylic acids is 2. The average molecular weight is 171 g/mol. The first-order valence-corrected chi connectivity index (χ1v) is 3.56. The van der Waals surface area contributed by atoms with Crippen LogP contribution in [0, 0.1) is 0 Å². The quantitative estimate of drug-likeness (QED) is 0.421. The maximum Gasteiger partial charge on any atom is 0.0631 e. The Balaban J connectivity index is 2.64. The lowest BCUT2D eigenvalue weighted by Crippen LogP contribution is -2.51. The number of rotatable bonds is 3. The minimum atomic E-state index is -1.27. The molecule has 1 saturated heterocycles. The zero-order valence-electron chi connectivity index (χ0n) is 6.86. The molecule has 0 N–H and O–H groups in total. The van der Waals surface area contributed by atoms with E-state index >= 15 is 0 Å². The van der Waals surface area contributed by atoms with Gasteiger partial charge in [0.05, 0.1) is 23.5 Å². The van der Waals surface area contributed by atoms with E-state index in [1.165, 1.54) is 18.7 Å². The molecule has 0 bridgehead atoms. The lowest BCUT2D eigenvalue weighted by molar-refractivity contribution is -0.316. The number of hydrogen-bond donors (Lipinski definition) is 0. The number of carbonyl (C=O) groups excluding carboxylic acids is 2. The summed E-state index contributed by atoms with van der Waals surface area (Å²) in [5, 5.41) is 20.8. The van der Waals surface area contributed by atoms with Gasteiger partial charge in [0.2, 0.25) is 0 Å². The van der Waals surface area contributed by atoms with E-state index in [9.17, 15) is 19.8 Å². The number of carboxylic acid groups (broad SMARTS) is 2. The Morgan fingerprint density at radius 3 is 2.17 bits per heavy atom. The second-order valence-corrected chi connectivity index (χ2v) is 3.33. The maximum atomic E-state index is 10.5. The minimum Gasteiger partial charge on any atom is -0.548 e. The molecule has 0 spiro atoms. The summed E-state index contributed by atoms with van der Waals surface area (Å²) in [5.74, 6) is -2.50. The van der Waals surface area contributed by atoms with Gasteiger partial charge in [0, 0.05) is 6.54 Å². The summed E-state index contributed by atoms with van der Waals surface area (Å²) < 4.78 is 0. The third kappa shape index (κ3) is 1.27. The molecule has 1 rings (SSSR count). The van der Waals surface area contributed by atoms with Gasteiger partial charge in [0.1, 0.15) is 0 Å². The van der Waals surface area contributed by atoms with Crippen molar-refractivity contribution in [2.45, 2.75) is 25.4 Å². The predicted octanol–water partition coefficient (Wildman–Crippen LogP) is -3.05. The topological polar surface area (TPSA) is 83.3 Å². The molecule has 68 valence electrons. The maximum absolute atomic E-state index is 10.5. The van der Waals surface area contributed by atoms with Crippen LogP contribution in [0.3, 0.4) is 0 Å². The molecule has 5 nitrogen and oxygen atoms in total. The molecule has 0 aromatic rings. The van der Waals surface area contributed by atoms with Gasteiger partial charge < -0.3 is 19.8 Å². The van der Waals surface area contributed by atoms with E-state index in [1.807, 2.05) is 0 Å². The van der Waals surface area contributed by atoms with E-state index in [1.54, 1.807) is 0 Å². The van der Waals surface area contributed by atoms with Crippen molar-refractivity contribution >= 4 is 11.9 Å². The van der Waals surface area contributed by atoms with Gasteiger partial charge in [0.25, 0.3) is 0 Å². The molecule has 5 heteroatoms. The molecule has 1 aliphatic heterocycles. The van der Waals surface area contributed by atoms with Crippen molar-refractivity contribution in [3.8, 4) is 0 Å². The molecule has 2 unspecified atom stereocenters. The normalized spacial score (nSPS) is 28.2. The van der Waals surface area contributed by atoms with Crippen molar-refractivity contribution < 1.29 is 19.8 Å². The second kappa shape index (κ2) is 2.45. The molecular weight excluding hydrogens is 162 g/mol. The van der Waals surface area contributed by atoms with E-state index in [4.69, 9.17) is 0 Å². The van der Waals surface area contributed by atoms with Crippen LogP contribution in [0.1, 0.15) is 13.8 Å². The smallest absolute Gasteiger partial charge is 0.0631 e. The Morgan fingerprint density at radius 1 is 1.42 bits per heavy atom. The van der Waals surface area contributed by atoms with Crippen LogP contribution in [0.4, 0.5) is 0 Å². The van der Waals surface area contributed by atoms with Gasteiger partial charge in [-0.1, -0.05) is 0 Å². The van der Waals surface area contributed by atoms with Gasteiger partial charge in [-0.25, -0.2) is 0 Å². The molecule has 1 aliphatic rings. The molecule has 0 amide bonds. The van der Waals surface area contributed by atoms with Crippen LogP contribution in [0.5, 0.6) is 0 Å². The fourth-order valence-corrected chi connectivity index (χ4v) is 1.08. The molecule has 0 aliphatic carbocycles. The molecule has 0 aromatic heterocycles. The van der Waals surface area contributed by atoms with Crippen molar-refractivity contribution in [1.29, 1.82) is 0 Å². The monoisotopic (exact) mass is 171 g/mol. The van der Waals surface area contributed by atoms with E-state index in [0.717, 1.165) is 0 Å². The number of carbonyl (C=O) groups is 2. The highest BCUT2D eigenvalue weighted by Crippen LogP contribution is 2.28. The SMILES string of the molecule is CC(C)(C(=O)[O-])N1CC1C(=O)[O-]. The average Bonchev–Trinajstić information content (AvgIpc) is 2.63. The second-order valence-electron chi connectivity index (χ2n) is 3.33. The first-order valence-electron chi connectivity index (χ1n) is 3.56. The molecule has 2 atom stereocenters. The Kier molecular flexibility index (Phi) is 1.83. The molecule has 1 heterocycles. The van der Waals surface area contributed by atoms with Crippen LogP contribution in [-0.2, 0) is 9.59 Å². The zero-order valence-corrected chi connectivity index (χ0v) is 6.86. The van der Waals surface area contributed by atoms with Crippen LogP contribution < -0.4 is 10.2 Å². The highest BCUT2D eigenvalue weighted by atomic mass is 16.4. The molecular formula is C7H9NO4-2. The van der Waals surface area contributed by atoms with Gasteiger partial charge in [0.15, 0.2) is 0 Å². The Bertz CT molecular complexity index is 236. The lowest BCUT2D eigenvalue weighted by Gasteiger charge is -2.28. The summed E-state index contributed by atoms with van der Waals surface area (Å²) in [5.41, 5.74) is -1.22. The van der Waals surface area contributed by atoms with Crippen molar-refractivity contribution in [3.05, 3.63) is 0 Å². The van der Waals surface area contributed by atoms with Crippen molar-refractivity contribution in [3.63, 3.8) is 0 Å². The standard InChI is InChI=1S/C7H11NO4/c1-7(2,6(11)12)8-3-4(8)5(9)10/h4H,3H2,1-2H3,(H,9,10)(H,11,12)/p-2. The summed E-state index contributed by atoms with van der Waals surface area (Å²) in [6.45, 7) is 3.04.